The fourth-order valence-electron chi connectivity index (χ4n) is 2.91. The quantitative estimate of drug-likeness (QED) is 0.274. The third-order valence-electron chi connectivity index (χ3n) is 5.02. The van der Waals surface area contributed by atoms with Crippen molar-refractivity contribution in [2.75, 3.05) is 13.2 Å². The lowest BCUT2D eigenvalue weighted by Gasteiger charge is -2.23. The Morgan fingerprint density at radius 3 is 1.73 bits per heavy atom. The Labute approximate surface area is 195 Å². The fourth-order valence-corrected chi connectivity index (χ4v) is 4.78. The summed E-state index contributed by atoms with van der Waals surface area (Å²) in [6, 6.07) is 11.5. The van der Waals surface area contributed by atoms with Gasteiger partial charge < -0.3 is 15.9 Å². The number of aliphatic hydroxyl groups is 2. The molecule has 0 spiro atoms. The van der Waals surface area contributed by atoms with Gasteiger partial charge in [0.25, 0.3) is 20.2 Å². The van der Waals surface area contributed by atoms with Crippen molar-refractivity contribution in [1.82, 2.24) is 0 Å². The number of benzene rings is 2. The van der Waals surface area contributed by atoms with Crippen LogP contribution in [0.3, 0.4) is 0 Å². The maximum Gasteiger partial charge on any atom is 0.297 e. The molecule has 0 amide bonds. The van der Waals surface area contributed by atoms with E-state index in [1.54, 1.807) is 24.3 Å². The highest BCUT2D eigenvalue weighted by Crippen LogP contribution is 2.16. The second-order valence-electron chi connectivity index (χ2n) is 7.86. The molecule has 2 aromatic rings. The van der Waals surface area contributed by atoms with E-state index in [9.17, 15) is 27.0 Å². The van der Waals surface area contributed by atoms with E-state index in [4.69, 9.17) is 14.1 Å². The van der Waals surface area contributed by atoms with Gasteiger partial charge in [-0.1, -0.05) is 35.4 Å². The first-order valence-electron chi connectivity index (χ1n) is 10.5. The van der Waals surface area contributed by atoms with Gasteiger partial charge in [-0.3, -0.25) is 8.37 Å². The van der Waals surface area contributed by atoms with Gasteiger partial charge >= 0.3 is 0 Å². The molecule has 3 atom stereocenters. The Kier molecular flexibility index (Phi) is 9.98. The van der Waals surface area contributed by atoms with Crippen LogP contribution in [-0.4, -0.2) is 58.5 Å². The van der Waals surface area contributed by atoms with Crippen LogP contribution in [0.5, 0.6) is 0 Å². The number of hydrogen-bond donors (Lipinski definition) is 3. The molecule has 0 aliphatic carbocycles. The minimum Gasteiger partial charge on any atom is -0.389 e. The van der Waals surface area contributed by atoms with Gasteiger partial charge in [-0.2, -0.15) is 16.8 Å². The zero-order valence-electron chi connectivity index (χ0n) is 18.6. The van der Waals surface area contributed by atoms with Gasteiger partial charge in [0, 0.05) is 6.04 Å². The van der Waals surface area contributed by atoms with Gasteiger partial charge in [-0.25, -0.2) is 0 Å². The smallest absolute Gasteiger partial charge is 0.297 e. The normalized spacial score (nSPS) is 15.2. The molecule has 0 radical (unpaired) electrons. The summed E-state index contributed by atoms with van der Waals surface area (Å²) in [6.07, 6.45) is -1.89. The van der Waals surface area contributed by atoms with E-state index in [-0.39, 0.29) is 22.8 Å². The van der Waals surface area contributed by atoms with Gasteiger partial charge in [-0.05, 0) is 57.4 Å². The fraction of sp³-hybridized carbons (Fsp3) is 0.455. The predicted octanol–water partition coefficient (Wildman–Crippen LogP) is 1.63. The first-order chi connectivity index (χ1) is 15.4. The lowest BCUT2D eigenvalue weighted by Crippen LogP contribution is -2.45. The lowest BCUT2D eigenvalue weighted by atomic mass is 10.0. The summed E-state index contributed by atoms with van der Waals surface area (Å²) in [5.41, 5.74) is 7.70. The van der Waals surface area contributed by atoms with Crippen LogP contribution >= 0.6 is 0 Å². The van der Waals surface area contributed by atoms with Crippen molar-refractivity contribution >= 4 is 20.2 Å². The van der Waals surface area contributed by atoms with Gasteiger partial charge in [0.05, 0.1) is 29.1 Å². The van der Waals surface area contributed by atoms with E-state index < -0.39 is 45.1 Å². The third-order valence-corrected chi connectivity index (χ3v) is 7.64. The molecule has 0 saturated carbocycles. The summed E-state index contributed by atoms with van der Waals surface area (Å²) in [6.45, 7) is 2.96. The van der Waals surface area contributed by atoms with Crippen molar-refractivity contribution in [2.45, 2.75) is 61.2 Å². The van der Waals surface area contributed by atoms with Crippen molar-refractivity contribution in [3.05, 3.63) is 59.7 Å². The van der Waals surface area contributed by atoms with E-state index in [0.717, 1.165) is 11.1 Å². The molecule has 0 aromatic heterocycles. The molecule has 4 N–H and O–H groups in total. The molecule has 9 nitrogen and oxygen atoms in total. The summed E-state index contributed by atoms with van der Waals surface area (Å²) in [4.78, 5) is 0.0172. The molecule has 2 aromatic carbocycles. The van der Waals surface area contributed by atoms with Crippen LogP contribution in [-0.2, 0) is 28.6 Å². The number of hydrogen-bond acceptors (Lipinski definition) is 9. The lowest BCUT2D eigenvalue weighted by molar-refractivity contribution is -0.0205. The molecule has 0 unspecified atom stereocenters. The molecule has 0 aliphatic heterocycles. The monoisotopic (exact) mass is 501 g/mol. The van der Waals surface area contributed by atoms with Crippen LogP contribution in [0.1, 0.15) is 30.4 Å². The van der Waals surface area contributed by atoms with Crippen LogP contribution in [0.4, 0.5) is 0 Å². The minimum atomic E-state index is -4.08. The highest BCUT2D eigenvalue weighted by Gasteiger charge is 2.26. The molecule has 0 saturated heterocycles. The van der Waals surface area contributed by atoms with Crippen molar-refractivity contribution in [3.63, 3.8) is 0 Å². The van der Waals surface area contributed by atoms with Crippen LogP contribution in [0.15, 0.2) is 58.3 Å². The maximum absolute atomic E-state index is 12.2. The number of aliphatic hydroxyl groups excluding tert-OH is 2. The molecular weight excluding hydrogens is 470 g/mol. The highest BCUT2D eigenvalue weighted by atomic mass is 32.2. The number of unbranched alkanes of at least 4 members (excludes halogenated alkanes) is 1. The Morgan fingerprint density at radius 1 is 0.788 bits per heavy atom. The third kappa shape index (κ3) is 8.45. The van der Waals surface area contributed by atoms with E-state index in [1.165, 1.54) is 24.3 Å². The second-order valence-corrected chi connectivity index (χ2v) is 11.1. The first-order valence-corrected chi connectivity index (χ1v) is 13.3. The molecule has 0 heterocycles. The summed E-state index contributed by atoms with van der Waals surface area (Å²) in [5, 5.41) is 20.2. The SMILES string of the molecule is Cc1ccc(S(=O)(=O)OCCCC[C@H](N)[C@H](O)[C@@H](O)COS(=O)(=O)c2ccc(C)cc2)cc1. The topological polar surface area (TPSA) is 153 Å². The van der Waals surface area contributed by atoms with Gasteiger partial charge in [-0.15, -0.1) is 0 Å². The molecule has 0 aliphatic rings. The zero-order chi connectivity index (χ0) is 24.6. The van der Waals surface area contributed by atoms with E-state index in [2.05, 4.69) is 0 Å². The number of aryl methyl sites for hydroxylation is 2. The standard InChI is InChI=1S/C22H31NO8S2/c1-16-6-10-18(11-7-16)32(26,27)30-14-4-3-5-20(23)22(25)21(24)15-31-33(28,29)19-12-8-17(2)9-13-19/h6-13,20-22,24-25H,3-5,14-15,23H2,1-2H3/t20-,21-,22-/m0/s1. The van der Waals surface area contributed by atoms with Gasteiger partial charge in [0.1, 0.15) is 6.10 Å². The van der Waals surface area contributed by atoms with Crippen LogP contribution in [0.25, 0.3) is 0 Å². The maximum atomic E-state index is 12.2. The molecule has 33 heavy (non-hydrogen) atoms. The first kappa shape index (κ1) is 27.4. The summed E-state index contributed by atoms with van der Waals surface area (Å²) in [7, 11) is -7.93. The summed E-state index contributed by atoms with van der Waals surface area (Å²) >= 11 is 0. The van der Waals surface area contributed by atoms with Gasteiger partial charge in [0.15, 0.2) is 0 Å². The number of nitrogens with two attached hydrogens (primary N) is 1. The van der Waals surface area contributed by atoms with E-state index >= 15 is 0 Å². The largest absolute Gasteiger partial charge is 0.389 e. The summed E-state index contributed by atoms with van der Waals surface area (Å²) in [5.74, 6) is 0. The van der Waals surface area contributed by atoms with E-state index in [0.29, 0.717) is 12.8 Å². The average molecular weight is 502 g/mol. The predicted molar refractivity (Wildman–Crippen MR) is 122 cm³/mol. The molecule has 0 fully saturated rings. The zero-order valence-corrected chi connectivity index (χ0v) is 20.3. The van der Waals surface area contributed by atoms with Crippen molar-refractivity contribution < 1.29 is 35.4 Å². The molecule has 184 valence electrons. The molecular formula is C22H31NO8S2. The van der Waals surface area contributed by atoms with Crippen molar-refractivity contribution in [1.29, 1.82) is 0 Å². The summed E-state index contributed by atoms with van der Waals surface area (Å²) < 4.78 is 58.4. The van der Waals surface area contributed by atoms with Crippen LogP contribution in [0.2, 0.25) is 0 Å². The van der Waals surface area contributed by atoms with Crippen molar-refractivity contribution in [2.24, 2.45) is 5.73 Å². The Hall–Kier alpha value is -1.86. The van der Waals surface area contributed by atoms with E-state index in [1.807, 2.05) is 13.8 Å². The minimum absolute atomic E-state index is 0.0559. The Morgan fingerprint density at radius 2 is 1.24 bits per heavy atom. The Bertz CT molecular complexity index is 1080. The van der Waals surface area contributed by atoms with Gasteiger partial charge in [0.2, 0.25) is 0 Å². The molecule has 0 bridgehead atoms. The van der Waals surface area contributed by atoms with Crippen LogP contribution in [0, 0.1) is 13.8 Å². The highest BCUT2D eigenvalue weighted by molar-refractivity contribution is 7.87. The Balaban J connectivity index is 1.73. The number of rotatable bonds is 13. The molecule has 2 rings (SSSR count). The average Bonchev–Trinajstić information content (AvgIpc) is 2.77. The second kappa shape index (κ2) is 12.0. The van der Waals surface area contributed by atoms with Crippen LogP contribution < -0.4 is 5.73 Å². The molecule has 11 heteroatoms. The van der Waals surface area contributed by atoms with Crippen molar-refractivity contribution in [3.8, 4) is 0 Å².